The van der Waals surface area contributed by atoms with Gasteiger partial charge in [0.1, 0.15) is 5.01 Å². The molecule has 3 aromatic rings. The normalized spacial score (nSPS) is 11.3. The van der Waals surface area contributed by atoms with E-state index in [1.165, 1.54) is 23.5 Å². The zero-order valence-electron chi connectivity index (χ0n) is 14.3. The molecule has 4 nitrogen and oxygen atoms in total. The van der Waals surface area contributed by atoms with E-state index in [1.807, 2.05) is 37.3 Å². The second-order valence-electron chi connectivity index (χ2n) is 5.78. The lowest BCUT2D eigenvalue weighted by Gasteiger charge is -2.10. The molecule has 2 N–H and O–H groups in total. The summed E-state index contributed by atoms with van der Waals surface area (Å²) in [6.45, 7) is 2.09. The van der Waals surface area contributed by atoms with E-state index < -0.39 is 17.8 Å². The Morgan fingerprint density at radius 1 is 1.11 bits per heavy atom. The van der Waals surface area contributed by atoms with E-state index in [0.717, 1.165) is 33.3 Å². The Kier molecular flexibility index (Phi) is 5.46. The standard InChI is InChI=1S/C19H16F3N3OS/c1-12-16(27-17(24-12)13-6-3-2-4-7-13)11-23-18(26)25-15-9-5-8-14(10-15)19(20,21)22/h2-10H,11H2,1H3,(H2,23,25,26). The zero-order chi connectivity index (χ0) is 19.4. The number of anilines is 1. The van der Waals surface area contributed by atoms with Crippen LogP contribution in [0, 0.1) is 6.92 Å². The predicted molar refractivity (Wildman–Crippen MR) is 99.6 cm³/mol. The summed E-state index contributed by atoms with van der Waals surface area (Å²) in [6, 6.07) is 13.6. The molecule has 0 radical (unpaired) electrons. The Balaban J connectivity index is 1.62. The Hall–Kier alpha value is -2.87. The van der Waals surface area contributed by atoms with Crippen LogP contribution in [0.25, 0.3) is 10.6 Å². The van der Waals surface area contributed by atoms with Gasteiger partial charge in [-0.2, -0.15) is 13.2 Å². The highest BCUT2D eigenvalue weighted by Crippen LogP contribution is 2.31. The second-order valence-corrected chi connectivity index (χ2v) is 6.86. The van der Waals surface area contributed by atoms with Gasteiger partial charge in [0.15, 0.2) is 0 Å². The largest absolute Gasteiger partial charge is 0.416 e. The summed E-state index contributed by atoms with van der Waals surface area (Å²) in [4.78, 5) is 17.4. The third-order valence-corrected chi connectivity index (χ3v) is 4.98. The minimum Gasteiger partial charge on any atom is -0.333 e. The van der Waals surface area contributed by atoms with E-state index in [0.29, 0.717) is 0 Å². The lowest BCUT2D eigenvalue weighted by Crippen LogP contribution is -2.28. The van der Waals surface area contributed by atoms with Crippen molar-refractivity contribution in [1.29, 1.82) is 0 Å². The summed E-state index contributed by atoms with van der Waals surface area (Å²) in [5.74, 6) is 0. The molecule has 0 atom stereocenters. The maximum Gasteiger partial charge on any atom is 0.416 e. The lowest BCUT2D eigenvalue weighted by atomic mass is 10.2. The molecule has 0 fully saturated rings. The maximum atomic E-state index is 12.7. The fourth-order valence-corrected chi connectivity index (χ4v) is 3.41. The van der Waals surface area contributed by atoms with Crippen LogP contribution in [0.4, 0.5) is 23.7 Å². The predicted octanol–water partition coefficient (Wildman–Crippen LogP) is 5.46. The van der Waals surface area contributed by atoms with E-state index in [1.54, 1.807) is 0 Å². The van der Waals surface area contributed by atoms with E-state index in [4.69, 9.17) is 0 Å². The number of aromatic nitrogens is 1. The average Bonchev–Trinajstić information content (AvgIpc) is 3.01. The van der Waals surface area contributed by atoms with Crippen molar-refractivity contribution in [2.45, 2.75) is 19.6 Å². The smallest absolute Gasteiger partial charge is 0.333 e. The van der Waals surface area contributed by atoms with E-state index in [9.17, 15) is 18.0 Å². The fraction of sp³-hybridized carbons (Fsp3) is 0.158. The number of halogens is 3. The highest BCUT2D eigenvalue weighted by Gasteiger charge is 2.30. The molecule has 8 heteroatoms. The van der Waals surface area contributed by atoms with Gasteiger partial charge in [-0.05, 0) is 25.1 Å². The van der Waals surface area contributed by atoms with Crippen molar-refractivity contribution in [2.24, 2.45) is 0 Å². The first-order valence-electron chi connectivity index (χ1n) is 8.07. The number of thiazole rings is 1. The number of carbonyl (C=O) groups excluding carboxylic acids is 1. The van der Waals surface area contributed by atoms with Crippen molar-refractivity contribution in [3.63, 3.8) is 0 Å². The number of nitrogens with zero attached hydrogens (tertiary/aromatic N) is 1. The van der Waals surface area contributed by atoms with Gasteiger partial charge in [-0.3, -0.25) is 0 Å². The third kappa shape index (κ3) is 4.85. The first-order valence-corrected chi connectivity index (χ1v) is 8.88. The van der Waals surface area contributed by atoms with Crippen molar-refractivity contribution in [2.75, 3.05) is 5.32 Å². The topological polar surface area (TPSA) is 54.0 Å². The van der Waals surface area contributed by atoms with Crippen LogP contribution < -0.4 is 10.6 Å². The Morgan fingerprint density at radius 3 is 2.56 bits per heavy atom. The van der Waals surface area contributed by atoms with Crippen LogP contribution in [0.3, 0.4) is 0 Å². The van der Waals surface area contributed by atoms with Crippen molar-refractivity contribution in [3.8, 4) is 10.6 Å². The minimum atomic E-state index is -4.46. The molecule has 3 rings (SSSR count). The molecule has 0 saturated heterocycles. The number of hydrogen-bond donors (Lipinski definition) is 2. The number of urea groups is 1. The minimum absolute atomic E-state index is 0.0772. The summed E-state index contributed by atoms with van der Waals surface area (Å²) in [6.07, 6.45) is -4.46. The Bertz CT molecular complexity index is 939. The van der Waals surface area contributed by atoms with Crippen LogP contribution in [0.1, 0.15) is 16.1 Å². The Morgan fingerprint density at radius 2 is 1.85 bits per heavy atom. The number of nitrogens with one attached hydrogen (secondary N) is 2. The summed E-state index contributed by atoms with van der Waals surface area (Å²) < 4.78 is 38.2. The number of carbonyl (C=O) groups is 1. The molecule has 0 aliphatic heterocycles. The van der Waals surface area contributed by atoms with Gasteiger partial charge in [-0.25, -0.2) is 9.78 Å². The van der Waals surface area contributed by atoms with Gasteiger partial charge in [0.25, 0.3) is 0 Å². The third-order valence-electron chi connectivity index (χ3n) is 3.77. The number of alkyl halides is 3. The van der Waals surface area contributed by atoms with Crippen LogP contribution >= 0.6 is 11.3 Å². The monoisotopic (exact) mass is 391 g/mol. The second kappa shape index (κ2) is 7.79. The average molecular weight is 391 g/mol. The van der Waals surface area contributed by atoms with Gasteiger partial charge in [-0.1, -0.05) is 36.4 Å². The number of rotatable bonds is 4. The molecule has 0 aliphatic rings. The van der Waals surface area contributed by atoms with Crippen molar-refractivity contribution in [1.82, 2.24) is 10.3 Å². The molecule has 0 unspecified atom stereocenters. The van der Waals surface area contributed by atoms with Crippen LogP contribution in [0.2, 0.25) is 0 Å². The first kappa shape index (κ1) is 18.9. The molecule has 0 bridgehead atoms. The van der Waals surface area contributed by atoms with Gasteiger partial charge in [-0.15, -0.1) is 11.3 Å². The summed E-state index contributed by atoms with van der Waals surface area (Å²) in [7, 11) is 0. The molecular weight excluding hydrogens is 375 g/mol. The van der Waals surface area contributed by atoms with Crippen LogP contribution in [-0.4, -0.2) is 11.0 Å². The highest BCUT2D eigenvalue weighted by atomic mass is 32.1. The Labute approximate surface area is 158 Å². The van der Waals surface area contributed by atoms with Crippen molar-refractivity contribution < 1.29 is 18.0 Å². The summed E-state index contributed by atoms with van der Waals surface area (Å²) >= 11 is 1.46. The first-order chi connectivity index (χ1) is 12.8. The molecule has 1 heterocycles. The van der Waals surface area contributed by atoms with Gasteiger partial charge in [0.2, 0.25) is 0 Å². The zero-order valence-corrected chi connectivity index (χ0v) is 15.1. The molecule has 0 saturated carbocycles. The van der Waals surface area contributed by atoms with E-state index in [-0.39, 0.29) is 12.2 Å². The van der Waals surface area contributed by atoms with Crippen molar-refractivity contribution >= 4 is 23.1 Å². The van der Waals surface area contributed by atoms with Crippen molar-refractivity contribution in [3.05, 3.63) is 70.7 Å². The molecule has 140 valence electrons. The van der Waals surface area contributed by atoms with E-state index in [2.05, 4.69) is 15.6 Å². The SMILES string of the molecule is Cc1nc(-c2ccccc2)sc1CNC(=O)Nc1cccc(C(F)(F)F)c1. The molecular formula is C19H16F3N3OS. The molecule has 27 heavy (non-hydrogen) atoms. The van der Waals surface area contributed by atoms with Gasteiger partial charge < -0.3 is 10.6 Å². The fourth-order valence-electron chi connectivity index (χ4n) is 2.41. The number of amides is 2. The van der Waals surface area contributed by atoms with Gasteiger partial charge in [0.05, 0.1) is 17.8 Å². The lowest BCUT2D eigenvalue weighted by molar-refractivity contribution is -0.137. The summed E-state index contributed by atoms with van der Waals surface area (Å²) in [5, 5.41) is 5.92. The van der Waals surface area contributed by atoms with E-state index >= 15 is 0 Å². The van der Waals surface area contributed by atoms with Crippen LogP contribution in [-0.2, 0) is 12.7 Å². The quantitative estimate of drug-likeness (QED) is 0.621. The van der Waals surface area contributed by atoms with Gasteiger partial charge in [0, 0.05) is 16.1 Å². The number of aryl methyl sites for hydroxylation is 1. The molecule has 0 aliphatic carbocycles. The summed E-state index contributed by atoms with van der Waals surface area (Å²) in [5.41, 5.74) is 1.06. The van der Waals surface area contributed by atoms with Gasteiger partial charge >= 0.3 is 12.2 Å². The molecule has 2 aromatic carbocycles. The molecule has 1 aromatic heterocycles. The maximum absolute atomic E-state index is 12.7. The number of benzene rings is 2. The molecule has 2 amide bonds. The molecule has 0 spiro atoms. The van der Waals surface area contributed by atoms with Crippen LogP contribution in [0.5, 0.6) is 0 Å². The number of hydrogen-bond acceptors (Lipinski definition) is 3. The highest BCUT2D eigenvalue weighted by molar-refractivity contribution is 7.15. The van der Waals surface area contributed by atoms with Crippen LogP contribution in [0.15, 0.2) is 54.6 Å².